The van der Waals surface area contributed by atoms with Crippen molar-refractivity contribution in [2.24, 2.45) is 10.2 Å². The average molecular weight is 537 g/mol. The van der Waals surface area contributed by atoms with Crippen LogP contribution in [0.2, 0.25) is 0 Å². The third-order valence-corrected chi connectivity index (χ3v) is 16.6. The molecule has 0 unspecified atom stereocenters. The maximum atomic E-state index is 13.7. The molecule has 2 rings (SSSR count). The highest BCUT2D eigenvalue weighted by atomic mass is 31.3. The van der Waals surface area contributed by atoms with Crippen LogP contribution in [-0.4, -0.2) is 50.4 Å². The van der Waals surface area contributed by atoms with E-state index in [0.717, 1.165) is 5.31 Å². The molecular weight excluding hydrogens is 485 g/mol. The van der Waals surface area contributed by atoms with Crippen LogP contribution in [0.15, 0.2) is 16.6 Å². The highest BCUT2D eigenvalue weighted by Gasteiger charge is 2.64. The van der Waals surface area contributed by atoms with Gasteiger partial charge in [0.15, 0.2) is 0 Å². The normalized spacial score (nSPS) is 29.0. The number of nitrogens with zero attached hydrogens (tertiary/aromatic N) is 3. The SMILES string of the molecule is C=C(C[P+]1([O-])OCC(C)(C)CO1)P1(=NC(C)(C)C)N(C(C)(C)C)P(NC(C)(C)C)N1C(C)(C)C. The van der Waals surface area contributed by atoms with Crippen LogP contribution in [0, 0.1) is 5.41 Å². The van der Waals surface area contributed by atoms with Gasteiger partial charge in [0.25, 0.3) is 0 Å². The van der Waals surface area contributed by atoms with E-state index in [1.54, 1.807) is 0 Å². The highest BCUT2D eigenvalue weighted by molar-refractivity contribution is 7.89. The Morgan fingerprint density at radius 3 is 1.71 bits per heavy atom. The molecule has 0 atom stereocenters. The van der Waals surface area contributed by atoms with Gasteiger partial charge in [-0.2, -0.15) is 0 Å². The Labute approximate surface area is 212 Å². The molecule has 2 fully saturated rings. The van der Waals surface area contributed by atoms with Gasteiger partial charge in [0.05, 0.1) is 5.54 Å². The Bertz CT molecular complexity index is 796. The third kappa shape index (κ3) is 6.91. The number of allylic oxidation sites excluding steroid dienone is 1. The number of hydrogen-bond acceptors (Lipinski definition) is 5. The Hall–Kier alpha value is 0.590. The molecule has 0 radical (unpaired) electrons. The van der Waals surface area contributed by atoms with Crippen molar-refractivity contribution < 1.29 is 13.9 Å². The minimum atomic E-state index is -3.31. The van der Waals surface area contributed by atoms with E-state index < -0.39 is 23.7 Å². The Kier molecular flexibility index (Phi) is 8.52. The van der Waals surface area contributed by atoms with Gasteiger partial charge in [0.2, 0.25) is 7.94 Å². The molecule has 2 aliphatic rings. The Morgan fingerprint density at radius 2 is 1.38 bits per heavy atom. The van der Waals surface area contributed by atoms with E-state index in [2.05, 4.69) is 117 Å². The molecule has 200 valence electrons. The molecular formula is C24H51N4O3P3. The first kappa shape index (κ1) is 30.8. The first-order valence-electron chi connectivity index (χ1n) is 12.2. The lowest BCUT2D eigenvalue weighted by atomic mass is 9.97. The number of rotatable bonds is 4. The van der Waals surface area contributed by atoms with Crippen LogP contribution in [0.4, 0.5) is 0 Å². The molecule has 10 heteroatoms. The predicted octanol–water partition coefficient (Wildman–Crippen LogP) is 7.36. The van der Waals surface area contributed by atoms with Crippen LogP contribution in [-0.2, 0) is 9.05 Å². The zero-order valence-electron chi connectivity index (χ0n) is 24.2. The Balaban J connectivity index is 2.68. The maximum absolute atomic E-state index is 13.7. The summed E-state index contributed by atoms with van der Waals surface area (Å²) in [7, 11) is -6.68. The summed E-state index contributed by atoms with van der Waals surface area (Å²) in [6.07, 6.45) is 0.189. The van der Waals surface area contributed by atoms with Crippen molar-refractivity contribution >= 4 is 23.7 Å². The topological polar surface area (TPSA) is 72.4 Å². The molecule has 2 saturated heterocycles. The van der Waals surface area contributed by atoms with Crippen molar-refractivity contribution in [3.63, 3.8) is 0 Å². The fourth-order valence-corrected chi connectivity index (χ4v) is 16.3. The molecule has 0 aromatic rings. The number of hydrogen-bond donors (Lipinski definition) is 1. The monoisotopic (exact) mass is 536 g/mol. The summed E-state index contributed by atoms with van der Waals surface area (Å²) < 4.78 is 22.5. The van der Waals surface area contributed by atoms with Crippen LogP contribution in [0.1, 0.15) is 96.9 Å². The van der Waals surface area contributed by atoms with Crippen LogP contribution in [0.3, 0.4) is 0 Å². The van der Waals surface area contributed by atoms with Crippen molar-refractivity contribution in [1.29, 1.82) is 0 Å². The molecule has 0 aromatic heterocycles. The lowest BCUT2D eigenvalue weighted by Crippen LogP contribution is -2.60. The standard InChI is InChI=1S/C24H51N4O3P3/c1-19(16-33(29)30-17-24(14,15)18-31-33)34(26-21(5,6)7)27(22(8,9)10)32(25-20(2,3)4)28(34)23(11,12)13/h25H,1,16-18H2,2-15H3. The summed E-state index contributed by atoms with van der Waals surface area (Å²) in [4.78, 5) is 13.7. The average Bonchev–Trinajstić information content (AvgIpc) is 2.51. The molecule has 34 heavy (non-hydrogen) atoms. The fraction of sp³-hybridized carbons (Fsp3) is 0.917. The molecule has 0 amide bonds. The van der Waals surface area contributed by atoms with E-state index in [-0.39, 0.29) is 33.7 Å². The first-order valence-corrected chi connectivity index (χ1v) is 16.8. The van der Waals surface area contributed by atoms with Crippen molar-refractivity contribution in [3.8, 4) is 0 Å². The molecule has 0 saturated carbocycles. The second-order valence-electron chi connectivity index (χ2n) is 14.5. The van der Waals surface area contributed by atoms with Gasteiger partial charge in [-0.05, 0) is 83.1 Å². The molecule has 7 nitrogen and oxygen atoms in total. The smallest absolute Gasteiger partial charge is 0.242 e. The summed E-state index contributed by atoms with van der Waals surface area (Å²) in [6.45, 7) is 36.0. The van der Waals surface area contributed by atoms with Crippen molar-refractivity contribution in [2.75, 3.05) is 19.4 Å². The van der Waals surface area contributed by atoms with E-state index in [1.807, 2.05) is 0 Å². The minimum absolute atomic E-state index is 0.0776. The molecule has 1 N–H and O–H groups in total. The fourth-order valence-electron chi connectivity index (χ4n) is 4.04. The summed E-state index contributed by atoms with van der Waals surface area (Å²) in [6, 6.07) is 0. The maximum Gasteiger partial charge on any atom is 0.242 e. The van der Waals surface area contributed by atoms with E-state index in [0.29, 0.717) is 13.2 Å². The van der Waals surface area contributed by atoms with Crippen molar-refractivity contribution in [2.45, 2.75) is 119 Å². The van der Waals surface area contributed by atoms with Crippen molar-refractivity contribution in [3.05, 3.63) is 11.9 Å². The van der Waals surface area contributed by atoms with Crippen LogP contribution < -0.4 is 9.98 Å². The lowest BCUT2D eigenvalue weighted by Gasteiger charge is -2.69. The van der Waals surface area contributed by atoms with Gasteiger partial charge >= 0.3 is 0 Å². The van der Waals surface area contributed by atoms with Gasteiger partial charge in [0, 0.05) is 27.3 Å². The minimum Gasteiger partial charge on any atom is -0.631 e. The van der Waals surface area contributed by atoms with Crippen LogP contribution in [0.25, 0.3) is 0 Å². The predicted molar refractivity (Wildman–Crippen MR) is 149 cm³/mol. The molecule has 0 aliphatic carbocycles. The zero-order valence-corrected chi connectivity index (χ0v) is 26.9. The zero-order chi connectivity index (χ0) is 26.8. The molecule has 2 heterocycles. The van der Waals surface area contributed by atoms with Gasteiger partial charge in [-0.3, -0.25) is 9.83 Å². The van der Waals surface area contributed by atoms with Crippen LogP contribution >= 0.6 is 23.7 Å². The van der Waals surface area contributed by atoms with E-state index >= 15 is 0 Å². The largest absolute Gasteiger partial charge is 0.631 e. The van der Waals surface area contributed by atoms with Gasteiger partial charge in [0.1, 0.15) is 35.1 Å². The summed E-state index contributed by atoms with van der Waals surface area (Å²) in [5.74, 6) is 0. The molecule has 0 aromatic carbocycles. The summed E-state index contributed by atoms with van der Waals surface area (Å²) >= 11 is 0. The van der Waals surface area contributed by atoms with Gasteiger partial charge < -0.3 is 4.89 Å². The highest BCUT2D eigenvalue weighted by Crippen LogP contribution is 2.90. The Morgan fingerprint density at radius 1 is 0.971 bits per heavy atom. The molecule has 0 spiro atoms. The van der Waals surface area contributed by atoms with Crippen molar-refractivity contribution in [1.82, 2.24) is 14.0 Å². The van der Waals surface area contributed by atoms with Gasteiger partial charge in [-0.1, -0.05) is 20.4 Å². The summed E-state index contributed by atoms with van der Waals surface area (Å²) in [5.41, 5.74) is -0.887. The van der Waals surface area contributed by atoms with E-state index in [1.165, 1.54) is 0 Å². The second kappa shape index (κ2) is 9.40. The third-order valence-electron chi connectivity index (χ3n) is 5.07. The quantitative estimate of drug-likeness (QED) is 0.379. The van der Waals surface area contributed by atoms with Gasteiger partial charge in [-0.25, -0.2) is 17.9 Å². The lowest BCUT2D eigenvalue weighted by molar-refractivity contribution is -0.232. The van der Waals surface area contributed by atoms with Gasteiger partial charge in [-0.15, -0.1) is 0 Å². The van der Waals surface area contributed by atoms with Crippen LogP contribution in [0.5, 0.6) is 0 Å². The second-order valence-corrected chi connectivity index (χ2v) is 21.5. The van der Waals surface area contributed by atoms with E-state index in [4.69, 9.17) is 13.8 Å². The molecule has 0 bridgehead atoms. The van der Waals surface area contributed by atoms with E-state index in [9.17, 15) is 4.89 Å². The first-order chi connectivity index (χ1) is 14.8. The summed E-state index contributed by atoms with van der Waals surface area (Å²) in [5, 5.41) is 4.77. The number of nitrogens with one attached hydrogen (secondary N) is 1. The molecule has 2 aliphatic heterocycles.